The number of hydrogen-bond acceptors (Lipinski definition) is 3. The lowest BCUT2D eigenvalue weighted by Crippen LogP contribution is -2.40. The molecule has 0 bridgehead atoms. The Balaban J connectivity index is 4.10. The monoisotopic (exact) mass is 159 g/mol. The summed E-state index contributed by atoms with van der Waals surface area (Å²) in [5, 5.41) is 9.47. The molecule has 3 N–H and O–H groups in total. The lowest BCUT2D eigenvalue weighted by atomic mass is 9.87. The molecule has 0 aliphatic rings. The third-order valence-corrected chi connectivity index (χ3v) is 1.99. The van der Waals surface area contributed by atoms with Crippen LogP contribution >= 0.6 is 0 Å². The van der Waals surface area contributed by atoms with Gasteiger partial charge in [0.15, 0.2) is 6.29 Å². The Kier molecular flexibility index (Phi) is 4.30. The van der Waals surface area contributed by atoms with E-state index in [-0.39, 0.29) is 5.92 Å². The Morgan fingerprint density at radius 1 is 1.73 bits per heavy atom. The lowest BCUT2D eigenvalue weighted by molar-refractivity contribution is -0.127. The van der Waals surface area contributed by atoms with Crippen LogP contribution in [0.2, 0.25) is 0 Å². The van der Waals surface area contributed by atoms with Gasteiger partial charge in [0.1, 0.15) is 5.60 Å². The SMILES string of the molecule is CCCC(CN)C(C)(O)C=O. The van der Waals surface area contributed by atoms with Gasteiger partial charge in [0, 0.05) is 5.92 Å². The highest BCUT2D eigenvalue weighted by atomic mass is 16.3. The van der Waals surface area contributed by atoms with Gasteiger partial charge < -0.3 is 15.6 Å². The molecule has 11 heavy (non-hydrogen) atoms. The van der Waals surface area contributed by atoms with Crippen LogP contribution in [0.4, 0.5) is 0 Å². The zero-order chi connectivity index (χ0) is 8.91. The molecule has 2 atom stereocenters. The van der Waals surface area contributed by atoms with Gasteiger partial charge in [-0.3, -0.25) is 0 Å². The summed E-state index contributed by atoms with van der Waals surface area (Å²) in [6.07, 6.45) is 2.30. The number of carbonyl (C=O) groups is 1. The van der Waals surface area contributed by atoms with Gasteiger partial charge in [-0.05, 0) is 19.9 Å². The molecular weight excluding hydrogens is 142 g/mol. The third-order valence-electron chi connectivity index (χ3n) is 1.99. The number of hydrogen-bond donors (Lipinski definition) is 2. The fourth-order valence-corrected chi connectivity index (χ4v) is 1.09. The standard InChI is InChI=1S/C8H17NO2/c1-3-4-7(5-9)8(2,11)6-10/h6-7,11H,3-5,9H2,1-2H3. The summed E-state index contributed by atoms with van der Waals surface area (Å²) in [6.45, 7) is 3.87. The minimum absolute atomic E-state index is 0.106. The largest absolute Gasteiger partial charge is 0.382 e. The highest BCUT2D eigenvalue weighted by Gasteiger charge is 2.29. The third kappa shape index (κ3) is 2.99. The van der Waals surface area contributed by atoms with Crippen molar-refractivity contribution in [3.8, 4) is 0 Å². The Hall–Kier alpha value is -0.410. The Bertz CT molecular complexity index is 123. The summed E-state index contributed by atoms with van der Waals surface area (Å²) in [6, 6.07) is 0. The summed E-state index contributed by atoms with van der Waals surface area (Å²) in [7, 11) is 0. The maximum atomic E-state index is 10.4. The van der Waals surface area contributed by atoms with Crippen LogP contribution in [0, 0.1) is 5.92 Å². The first-order valence-electron chi connectivity index (χ1n) is 3.97. The zero-order valence-electron chi connectivity index (χ0n) is 7.21. The van der Waals surface area contributed by atoms with E-state index in [1.54, 1.807) is 0 Å². The fourth-order valence-electron chi connectivity index (χ4n) is 1.09. The van der Waals surface area contributed by atoms with E-state index in [2.05, 4.69) is 0 Å². The van der Waals surface area contributed by atoms with Crippen molar-refractivity contribution in [2.24, 2.45) is 11.7 Å². The summed E-state index contributed by atoms with van der Waals surface area (Å²) in [4.78, 5) is 10.4. The van der Waals surface area contributed by atoms with Crippen LogP contribution in [0.1, 0.15) is 26.7 Å². The predicted molar refractivity (Wildman–Crippen MR) is 44.1 cm³/mol. The van der Waals surface area contributed by atoms with Crippen molar-refractivity contribution in [1.29, 1.82) is 0 Å². The molecule has 0 aromatic heterocycles. The molecule has 0 radical (unpaired) electrons. The second-order valence-electron chi connectivity index (χ2n) is 3.06. The molecule has 0 rings (SSSR count). The molecule has 0 saturated carbocycles. The molecule has 0 aliphatic heterocycles. The van der Waals surface area contributed by atoms with E-state index in [0.29, 0.717) is 12.8 Å². The maximum Gasteiger partial charge on any atom is 0.151 e. The van der Waals surface area contributed by atoms with Gasteiger partial charge in [-0.15, -0.1) is 0 Å². The number of carbonyl (C=O) groups excluding carboxylic acids is 1. The van der Waals surface area contributed by atoms with E-state index in [4.69, 9.17) is 5.73 Å². The minimum Gasteiger partial charge on any atom is -0.382 e. The van der Waals surface area contributed by atoms with Gasteiger partial charge >= 0.3 is 0 Å². The van der Waals surface area contributed by atoms with Crippen molar-refractivity contribution >= 4 is 6.29 Å². The second kappa shape index (κ2) is 4.46. The van der Waals surface area contributed by atoms with Gasteiger partial charge in [0.2, 0.25) is 0 Å². The van der Waals surface area contributed by atoms with Crippen molar-refractivity contribution in [2.75, 3.05) is 6.54 Å². The predicted octanol–water partition coefficient (Wildman–Crippen LogP) is 0.311. The number of aliphatic hydroxyl groups is 1. The molecule has 2 unspecified atom stereocenters. The van der Waals surface area contributed by atoms with Crippen LogP contribution < -0.4 is 5.73 Å². The molecule has 0 amide bonds. The first-order chi connectivity index (χ1) is 5.08. The smallest absolute Gasteiger partial charge is 0.151 e. The Morgan fingerprint density at radius 2 is 2.27 bits per heavy atom. The van der Waals surface area contributed by atoms with Gasteiger partial charge in [-0.25, -0.2) is 0 Å². The van der Waals surface area contributed by atoms with Crippen LogP contribution in [0.5, 0.6) is 0 Å². The second-order valence-corrected chi connectivity index (χ2v) is 3.06. The highest BCUT2D eigenvalue weighted by Crippen LogP contribution is 2.18. The fraction of sp³-hybridized carbons (Fsp3) is 0.875. The molecule has 3 heteroatoms. The molecule has 0 aliphatic carbocycles. The number of rotatable bonds is 5. The first kappa shape index (κ1) is 10.6. The first-order valence-corrected chi connectivity index (χ1v) is 3.97. The van der Waals surface area contributed by atoms with E-state index in [0.717, 1.165) is 12.8 Å². The summed E-state index contributed by atoms with van der Waals surface area (Å²) in [5.41, 5.74) is 4.16. The molecule has 0 aromatic carbocycles. The molecule has 0 heterocycles. The molecule has 3 nitrogen and oxygen atoms in total. The van der Waals surface area contributed by atoms with Crippen LogP contribution in [0.15, 0.2) is 0 Å². The summed E-state index contributed by atoms with van der Waals surface area (Å²) in [5.74, 6) is -0.106. The maximum absolute atomic E-state index is 10.4. The molecule has 66 valence electrons. The zero-order valence-corrected chi connectivity index (χ0v) is 7.21. The van der Waals surface area contributed by atoms with Crippen LogP contribution in [-0.4, -0.2) is 23.5 Å². The van der Waals surface area contributed by atoms with Gasteiger partial charge in [-0.1, -0.05) is 13.3 Å². The molecule has 0 aromatic rings. The van der Waals surface area contributed by atoms with Gasteiger partial charge in [0.05, 0.1) is 0 Å². The van der Waals surface area contributed by atoms with Crippen LogP contribution in [0.25, 0.3) is 0 Å². The van der Waals surface area contributed by atoms with Crippen LogP contribution in [-0.2, 0) is 4.79 Å². The van der Waals surface area contributed by atoms with Crippen LogP contribution in [0.3, 0.4) is 0 Å². The lowest BCUT2D eigenvalue weighted by Gasteiger charge is -2.25. The average molecular weight is 159 g/mol. The molecular formula is C8H17NO2. The van der Waals surface area contributed by atoms with E-state index in [1.165, 1.54) is 6.92 Å². The molecule has 0 spiro atoms. The van der Waals surface area contributed by atoms with Gasteiger partial charge in [0.25, 0.3) is 0 Å². The minimum atomic E-state index is -1.25. The number of aldehydes is 1. The van der Waals surface area contributed by atoms with Crippen molar-refractivity contribution in [3.05, 3.63) is 0 Å². The van der Waals surface area contributed by atoms with E-state index in [1.807, 2.05) is 6.92 Å². The van der Waals surface area contributed by atoms with E-state index in [9.17, 15) is 9.90 Å². The normalized spacial score (nSPS) is 18.9. The Labute approximate surface area is 67.6 Å². The molecule has 0 saturated heterocycles. The van der Waals surface area contributed by atoms with E-state index >= 15 is 0 Å². The van der Waals surface area contributed by atoms with Gasteiger partial charge in [-0.2, -0.15) is 0 Å². The van der Waals surface area contributed by atoms with Crippen molar-refractivity contribution in [1.82, 2.24) is 0 Å². The highest BCUT2D eigenvalue weighted by molar-refractivity contribution is 5.61. The van der Waals surface area contributed by atoms with Crippen molar-refractivity contribution in [2.45, 2.75) is 32.3 Å². The summed E-state index contributed by atoms with van der Waals surface area (Å²) >= 11 is 0. The number of nitrogens with two attached hydrogens (primary N) is 1. The van der Waals surface area contributed by atoms with Crippen molar-refractivity contribution < 1.29 is 9.90 Å². The summed E-state index contributed by atoms with van der Waals surface area (Å²) < 4.78 is 0. The average Bonchev–Trinajstić information content (AvgIpc) is 2.00. The Morgan fingerprint density at radius 3 is 2.55 bits per heavy atom. The molecule has 0 fully saturated rings. The topological polar surface area (TPSA) is 63.3 Å². The van der Waals surface area contributed by atoms with Crippen molar-refractivity contribution in [3.63, 3.8) is 0 Å². The quantitative estimate of drug-likeness (QED) is 0.567. The van der Waals surface area contributed by atoms with E-state index < -0.39 is 5.60 Å².